The van der Waals surface area contributed by atoms with Crippen LogP contribution in [0.5, 0.6) is 0 Å². The Kier molecular flexibility index (Phi) is 20.5. The zero-order valence-electron chi connectivity index (χ0n) is 22.6. The Morgan fingerprint density at radius 3 is 1.06 bits per heavy atom. The summed E-state index contributed by atoms with van der Waals surface area (Å²) in [6.07, 6.45) is 3.58. The van der Waals surface area contributed by atoms with Crippen molar-refractivity contribution in [3.8, 4) is 0 Å². The van der Waals surface area contributed by atoms with E-state index in [1.54, 1.807) is 0 Å². The molecule has 4 aromatic rings. The van der Waals surface area contributed by atoms with Gasteiger partial charge in [0.15, 0.2) is 0 Å². The number of thiol groups is 1. The van der Waals surface area contributed by atoms with E-state index < -0.39 is 10.0 Å². The maximum atomic E-state index is 4.37. The molecule has 0 fully saturated rings. The standard InChI is InChI=1S/C16H20S2.C7H8.C6H6.2C2H6/c1-18(14-8-13-17,15-9-4-2-5-10-15)16-11-6-3-7-12-16;1-7-5-3-2-4-6-7;1-2-4-6-5-3-1;2*1-2/h2-7,9-12,17H,8,13-14H2,1H3;2-6H,1H3;1-6H;2*1-2H3. The number of rotatable bonds is 5. The van der Waals surface area contributed by atoms with Crippen molar-refractivity contribution < 1.29 is 0 Å². The van der Waals surface area contributed by atoms with Gasteiger partial charge < -0.3 is 0 Å². The summed E-state index contributed by atoms with van der Waals surface area (Å²) in [6, 6.07) is 44.1. The van der Waals surface area contributed by atoms with Gasteiger partial charge in [-0.3, -0.25) is 0 Å². The largest absolute Gasteiger partial charge is 0.191 e. The normalized spacial score (nSPS) is 9.80. The molecule has 0 N–H and O–H groups in total. The van der Waals surface area contributed by atoms with Crippen LogP contribution < -0.4 is 0 Å². The number of hydrogen-bond acceptors (Lipinski definition) is 1. The molecule has 0 unspecified atom stereocenters. The highest BCUT2D eigenvalue weighted by Gasteiger charge is 2.22. The number of aryl methyl sites for hydroxylation is 1. The third-order valence-corrected chi connectivity index (χ3v) is 8.89. The second kappa shape index (κ2) is 22.1. The molecule has 0 saturated heterocycles. The molecule has 190 valence electrons. The van der Waals surface area contributed by atoms with Crippen LogP contribution in [0, 0.1) is 6.92 Å². The third kappa shape index (κ3) is 13.9. The predicted octanol–water partition coefficient (Wildman–Crippen LogP) is 10.6. The first-order chi connectivity index (χ1) is 17.2. The van der Waals surface area contributed by atoms with Gasteiger partial charge in [0.1, 0.15) is 0 Å². The molecule has 2 heteroatoms. The first-order valence-electron chi connectivity index (χ1n) is 12.7. The van der Waals surface area contributed by atoms with E-state index in [1.807, 2.05) is 82.3 Å². The molecule has 35 heavy (non-hydrogen) atoms. The van der Waals surface area contributed by atoms with Crippen LogP contribution in [0.25, 0.3) is 0 Å². The molecule has 4 aromatic carbocycles. The van der Waals surface area contributed by atoms with E-state index in [0.29, 0.717) is 0 Å². The minimum absolute atomic E-state index is 0.907. The minimum Gasteiger partial charge on any atom is -0.191 e. The van der Waals surface area contributed by atoms with E-state index in [-0.39, 0.29) is 0 Å². The van der Waals surface area contributed by atoms with Crippen molar-refractivity contribution in [3.05, 3.63) is 133 Å². The molecule has 0 bridgehead atoms. The Bertz CT molecular complexity index is 857. The Balaban J connectivity index is 0.000000556. The summed E-state index contributed by atoms with van der Waals surface area (Å²) >= 11 is 4.37. The second-order valence-electron chi connectivity index (χ2n) is 7.30. The van der Waals surface area contributed by atoms with Crippen LogP contribution in [0.1, 0.15) is 39.7 Å². The lowest BCUT2D eigenvalue weighted by Gasteiger charge is -2.37. The fourth-order valence-corrected chi connectivity index (χ4v) is 6.44. The molecule has 0 saturated carbocycles. The quantitative estimate of drug-likeness (QED) is 0.256. The van der Waals surface area contributed by atoms with Crippen LogP contribution in [0.3, 0.4) is 0 Å². The van der Waals surface area contributed by atoms with Crippen LogP contribution in [0.15, 0.2) is 137 Å². The van der Waals surface area contributed by atoms with Crippen molar-refractivity contribution in [1.82, 2.24) is 0 Å². The second-order valence-corrected chi connectivity index (χ2v) is 11.3. The summed E-state index contributed by atoms with van der Waals surface area (Å²) in [6.45, 7) is 10.1. The molecule has 0 aliphatic carbocycles. The number of benzene rings is 4. The van der Waals surface area contributed by atoms with Gasteiger partial charge in [0.05, 0.1) is 0 Å². The molecule has 0 nitrogen and oxygen atoms in total. The maximum absolute atomic E-state index is 4.37. The summed E-state index contributed by atoms with van der Waals surface area (Å²) in [5.41, 5.74) is 1.32. The van der Waals surface area contributed by atoms with Gasteiger partial charge in [0.25, 0.3) is 0 Å². The average molecular weight is 507 g/mol. The van der Waals surface area contributed by atoms with Crippen molar-refractivity contribution in [2.45, 2.75) is 50.8 Å². The lowest BCUT2D eigenvalue weighted by atomic mass is 10.2. The van der Waals surface area contributed by atoms with Crippen LogP contribution in [0.2, 0.25) is 0 Å². The van der Waals surface area contributed by atoms with E-state index in [4.69, 9.17) is 0 Å². The fraction of sp³-hybridized carbons (Fsp3) is 0.273. The topological polar surface area (TPSA) is 0 Å². The molecular weight excluding hydrogens is 460 g/mol. The van der Waals surface area contributed by atoms with Crippen molar-refractivity contribution in [2.24, 2.45) is 0 Å². The highest BCUT2D eigenvalue weighted by atomic mass is 32.3. The SMILES string of the molecule is CC.CC.CS(CCCS)(c1ccccc1)c1ccccc1.Cc1ccccc1.c1ccccc1. The predicted molar refractivity (Wildman–Crippen MR) is 167 cm³/mol. The average Bonchev–Trinajstić information content (AvgIpc) is 2.97. The van der Waals surface area contributed by atoms with Crippen LogP contribution >= 0.6 is 22.7 Å². The van der Waals surface area contributed by atoms with Crippen LogP contribution in [0.4, 0.5) is 0 Å². The molecule has 0 aliphatic rings. The zero-order valence-corrected chi connectivity index (χ0v) is 24.3. The Hall–Kier alpha value is -2.42. The molecule has 0 radical (unpaired) electrons. The van der Waals surface area contributed by atoms with E-state index in [9.17, 15) is 0 Å². The summed E-state index contributed by atoms with van der Waals surface area (Å²) in [7, 11) is -0.907. The van der Waals surface area contributed by atoms with E-state index in [0.717, 1.165) is 5.75 Å². The van der Waals surface area contributed by atoms with Gasteiger partial charge in [-0.15, -0.1) is 0 Å². The molecule has 0 aromatic heterocycles. The summed E-state index contributed by atoms with van der Waals surface area (Å²) < 4.78 is 0. The van der Waals surface area contributed by atoms with Gasteiger partial charge in [0, 0.05) is 0 Å². The van der Waals surface area contributed by atoms with Gasteiger partial charge >= 0.3 is 0 Å². The number of hydrogen-bond donors (Lipinski definition) is 1. The molecule has 0 aliphatic heterocycles. The van der Waals surface area contributed by atoms with Gasteiger partial charge in [-0.05, 0) is 65.2 Å². The molecule has 0 spiro atoms. The molecule has 0 amide bonds. The van der Waals surface area contributed by atoms with Crippen LogP contribution in [-0.2, 0) is 0 Å². The lowest BCUT2D eigenvalue weighted by molar-refractivity contribution is 1.10. The summed E-state index contributed by atoms with van der Waals surface area (Å²) in [4.78, 5) is 2.94. The molecule has 0 heterocycles. The zero-order chi connectivity index (χ0) is 26.2. The van der Waals surface area contributed by atoms with Gasteiger partial charge in [-0.2, -0.15) is 22.7 Å². The first kappa shape index (κ1) is 32.6. The van der Waals surface area contributed by atoms with Gasteiger partial charge in [-0.1, -0.05) is 136 Å². The Morgan fingerprint density at radius 1 is 0.514 bits per heavy atom. The first-order valence-corrected chi connectivity index (χ1v) is 15.5. The summed E-state index contributed by atoms with van der Waals surface area (Å²) in [5.74, 6) is 2.17. The smallest absolute Gasteiger partial charge is 0.00617 e. The van der Waals surface area contributed by atoms with E-state index >= 15 is 0 Å². The highest BCUT2D eigenvalue weighted by Crippen LogP contribution is 2.59. The van der Waals surface area contributed by atoms with Gasteiger partial charge in [0.2, 0.25) is 0 Å². The van der Waals surface area contributed by atoms with Crippen molar-refractivity contribution in [3.63, 3.8) is 0 Å². The monoisotopic (exact) mass is 506 g/mol. The van der Waals surface area contributed by atoms with Crippen molar-refractivity contribution in [2.75, 3.05) is 17.8 Å². The van der Waals surface area contributed by atoms with E-state index in [2.05, 4.69) is 98.6 Å². The van der Waals surface area contributed by atoms with E-state index in [1.165, 1.54) is 27.5 Å². The van der Waals surface area contributed by atoms with Crippen LogP contribution in [-0.4, -0.2) is 17.8 Å². The summed E-state index contributed by atoms with van der Waals surface area (Å²) in [5, 5.41) is 0. The fourth-order valence-electron chi connectivity index (χ4n) is 3.09. The van der Waals surface area contributed by atoms with Crippen molar-refractivity contribution in [1.29, 1.82) is 0 Å². The van der Waals surface area contributed by atoms with Gasteiger partial charge in [-0.25, -0.2) is 0 Å². The van der Waals surface area contributed by atoms with Crippen molar-refractivity contribution >= 4 is 22.7 Å². The highest BCUT2D eigenvalue weighted by molar-refractivity contribution is 8.33. The minimum atomic E-state index is -0.907. The molecular formula is C33H46S2. The molecule has 0 atom stereocenters. The third-order valence-electron chi connectivity index (χ3n) is 4.84. The Labute approximate surface area is 223 Å². The maximum Gasteiger partial charge on any atom is -0.00617 e. The lowest BCUT2D eigenvalue weighted by Crippen LogP contribution is -2.05. The molecule has 4 rings (SSSR count). The Morgan fingerprint density at radius 2 is 0.800 bits per heavy atom.